The number of rotatable bonds is 6. The molecule has 2 aliphatic rings. The summed E-state index contributed by atoms with van der Waals surface area (Å²) in [6.45, 7) is 6.51. The lowest BCUT2D eigenvalue weighted by Crippen LogP contribution is -2.49. The van der Waals surface area contributed by atoms with E-state index in [0.717, 1.165) is 47.2 Å². The number of nitrogens with zero attached hydrogens (tertiary/aromatic N) is 5. The summed E-state index contributed by atoms with van der Waals surface area (Å²) < 4.78 is 14.3. The molecule has 1 aromatic carbocycles. The predicted molar refractivity (Wildman–Crippen MR) is 161 cm³/mol. The van der Waals surface area contributed by atoms with Gasteiger partial charge in [0.25, 0.3) is 0 Å². The van der Waals surface area contributed by atoms with Crippen LogP contribution >= 0.6 is 0 Å². The Morgan fingerprint density at radius 3 is 2.71 bits per heavy atom. The molecule has 0 amide bonds. The van der Waals surface area contributed by atoms with Crippen molar-refractivity contribution in [2.75, 3.05) is 23.7 Å². The van der Waals surface area contributed by atoms with Crippen molar-refractivity contribution in [2.24, 2.45) is 5.41 Å². The maximum atomic E-state index is 14.3. The molecular weight excluding hydrogens is 515 g/mol. The molecule has 8 nitrogen and oxygen atoms in total. The first-order valence-electron chi connectivity index (χ1n) is 14.4. The first kappa shape index (κ1) is 25.7. The van der Waals surface area contributed by atoms with E-state index in [1.807, 2.05) is 42.7 Å². The number of pyridine rings is 3. The minimum atomic E-state index is -0.357. The summed E-state index contributed by atoms with van der Waals surface area (Å²) in [6, 6.07) is 12.7. The van der Waals surface area contributed by atoms with E-state index in [4.69, 9.17) is 9.97 Å². The number of anilines is 3. The fourth-order valence-corrected chi connectivity index (χ4v) is 5.92. The zero-order chi connectivity index (χ0) is 28.0. The Labute approximate surface area is 238 Å². The lowest BCUT2D eigenvalue weighted by Gasteiger charge is -2.40. The Hall–Kier alpha value is -4.24. The van der Waals surface area contributed by atoms with Crippen molar-refractivity contribution in [3.05, 3.63) is 72.4 Å². The van der Waals surface area contributed by atoms with Gasteiger partial charge in [0.05, 0.1) is 11.7 Å². The lowest BCUT2D eigenvalue weighted by atomic mass is 9.78. The number of halogens is 1. The van der Waals surface area contributed by atoms with E-state index in [2.05, 4.69) is 44.7 Å². The summed E-state index contributed by atoms with van der Waals surface area (Å²) in [5.41, 5.74) is 3.28. The molecule has 0 spiro atoms. The van der Waals surface area contributed by atoms with Crippen LogP contribution in [0.5, 0.6) is 0 Å². The quantitative estimate of drug-likeness (QED) is 0.219. The van der Waals surface area contributed by atoms with E-state index in [-0.39, 0.29) is 17.3 Å². The Bertz CT molecular complexity index is 1750. The van der Waals surface area contributed by atoms with Crippen LogP contribution in [-0.4, -0.2) is 44.1 Å². The molecule has 4 aromatic heterocycles. The van der Waals surface area contributed by atoms with Crippen LogP contribution in [0.3, 0.4) is 0 Å². The van der Waals surface area contributed by atoms with Crippen molar-refractivity contribution in [1.29, 1.82) is 0 Å². The molecule has 1 unspecified atom stereocenters. The average Bonchev–Trinajstić information content (AvgIpc) is 2.94. The Morgan fingerprint density at radius 2 is 1.88 bits per heavy atom. The molecule has 5 aromatic rings. The summed E-state index contributed by atoms with van der Waals surface area (Å²) in [5, 5.41) is 12.4. The summed E-state index contributed by atoms with van der Waals surface area (Å²) in [6.07, 6.45) is 10.2. The van der Waals surface area contributed by atoms with Gasteiger partial charge in [0.2, 0.25) is 0 Å². The number of piperidine rings is 1. The van der Waals surface area contributed by atoms with Gasteiger partial charge in [-0.1, -0.05) is 32.4 Å². The molecule has 5 heterocycles. The largest absolute Gasteiger partial charge is 0.366 e. The molecule has 0 bridgehead atoms. The number of hydrogen-bond donors (Lipinski definition) is 3. The molecule has 41 heavy (non-hydrogen) atoms. The van der Waals surface area contributed by atoms with Gasteiger partial charge < -0.3 is 16.0 Å². The smallest absolute Gasteiger partial charge is 0.162 e. The monoisotopic (exact) mass is 548 g/mol. The number of benzene rings is 1. The normalized spacial score (nSPS) is 18.8. The van der Waals surface area contributed by atoms with Crippen molar-refractivity contribution in [3.63, 3.8) is 0 Å². The number of para-hydroxylation sites is 1. The molecule has 1 aliphatic carbocycles. The van der Waals surface area contributed by atoms with E-state index < -0.39 is 0 Å². The SMILES string of the molecule is CC1(C)CNCCC1Nc1nc(-c2ccnc(Nc3ccc4cccc(F)c4n3)c2)nc2cncc(C3CCC3)c12. The minimum Gasteiger partial charge on any atom is -0.366 e. The van der Waals surface area contributed by atoms with E-state index in [1.165, 1.54) is 30.9 Å². The van der Waals surface area contributed by atoms with Crippen molar-refractivity contribution >= 4 is 39.3 Å². The molecule has 3 N–H and O–H groups in total. The van der Waals surface area contributed by atoms with Crippen molar-refractivity contribution in [3.8, 4) is 11.4 Å². The van der Waals surface area contributed by atoms with Gasteiger partial charge in [-0.05, 0) is 73.0 Å². The van der Waals surface area contributed by atoms with Crippen molar-refractivity contribution in [2.45, 2.75) is 51.5 Å². The molecule has 1 aliphatic heterocycles. The molecule has 1 saturated heterocycles. The average molecular weight is 549 g/mol. The van der Waals surface area contributed by atoms with Gasteiger partial charge in [0.15, 0.2) is 5.82 Å². The Kier molecular flexibility index (Phi) is 6.46. The molecule has 208 valence electrons. The van der Waals surface area contributed by atoms with Crippen LogP contribution in [0.2, 0.25) is 0 Å². The highest BCUT2D eigenvalue weighted by atomic mass is 19.1. The fourth-order valence-electron chi connectivity index (χ4n) is 5.92. The van der Waals surface area contributed by atoms with Crippen LogP contribution < -0.4 is 16.0 Å². The number of nitrogens with one attached hydrogen (secondary N) is 3. The van der Waals surface area contributed by atoms with Crippen LogP contribution in [0.15, 0.2) is 61.1 Å². The number of fused-ring (bicyclic) bond motifs is 2. The van der Waals surface area contributed by atoms with Gasteiger partial charge in [-0.25, -0.2) is 24.3 Å². The van der Waals surface area contributed by atoms with Crippen LogP contribution in [-0.2, 0) is 0 Å². The van der Waals surface area contributed by atoms with Crippen molar-refractivity contribution in [1.82, 2.24) is 30.2 Å². The second kappa shape index (κ2) is 10.3. The second-order valence-corrected chi connectivity index (χ2v) is 11.9. The zero-order valence-electron chi connectivity index (χ0n) is 23.3. The van der Waals surface area contributed by atoms with Gasteiger partial charge in [0.1, 0.15) is 28.8 Å². The van der Waals surface area contributed by atoms with Gasteiger partial charge in [-0.2, -0.15) is 0 Å². The summed E-state index contributed by atoms with van der Waals surface area (Å²) in [4.78, 5) is 23.7. The highest BCUT2D eigenvalue weighted by molar-refractivity contribution is 5.93. The maximum absolute atomic E-state index is 14.3. The third-order valence-corrected chi connectivity index (χ3v) is 8.57. The third kappa shape index (κ3) is 4.95. The van der Waals surface area contributed by atoms with E-state index >= 15 is 0 Å². The van der Waals surface area contributed by atoms with Crippen molar-refractivity contribution < 1.29 is 4.39 Å². The molecule has 9 heteroatoms. The maximum Gasteiger partial charge on any atom is 0.162 e. The first-order valence-corrected chi connectivity index (χ1v) is 14.4. The van der Waals surface area contributed by atoms with Crippen LogP contribution in [0.1, 0.15) is 51.0 Å². The lowest BCUT2D eigenvalue weighted by molar-refractivity contribution is 0.236. The van der Waals surface area contributed by atoms with Gasteiger partial charge in [-0.15, -0.1) is 0 Å². The summed E-state index contributed by atoms with van der Waals surface area (Å²) in [5.74, 6) is 2.69. The minimum absolute atomic E-state index is 0.0689. The highest BCUT2D eigenvalue weighted by Crippen LogP contribution is 2.42. The number of aromatic nitrogens is 5. The molecule has 7 rings (SSSR count). The van der Waals surface area contributed by atoms with E-state index in [0.29, 0.717) is 28.9 Å². The fraction of sp³-hybridized carbons (Fsp3) is 0.344. The highest BCUT2D eigenvalue weighted by Gasteiger charge is 2.33. The second-order valence-electron chi connectivity index (χ2n) is 11.9. The molecule has 2 fully saturated rings. The predicted octanol–water partition coefficient (Wildman–Crippen LogP) is 6.59. The van der Waals surface area contributed by atoms with Crippen LogP contribution in [0.25, 0.3) is 33.2 Å². The molecule has 0 radical (unpaired) electrons. The zero-order valence-corrected chi connectivity index (χ0v) is 23.3. The van der Waals surface area contributed by atoms with Crippen LogP contribution in [0.4, 0.5) is 21.8 Å². The molecule has 1 saturated carbocycles. The summed E-state index contributed by atoms with van der Waals surface area (Å²) >= 11 is 0. The van der Waals surface area contributed by atoms with Gasteiger partial charge >= 0.3 is 0 Å². The third-order valence-electron chi connectivity index (χ3n) is 8.57. The Morgan fingerprint density at radius 1 is 0.976 bits per heavy atom. The summed E-state index contributed by atoms with van der Waals surface area (Å²) in [7, 11) is 0. The van der Waals surface area contributed by atoms with Crippen LogP contribution in [0, 0.1) is 11.2 Å². The van der Waals surface area contributed by atoms with Gasteiger partial charge in [-0.3, -0.25) is 4.98 Å². The topological polar surface area (TPSA) is 101 Å². The van der Waals surface area contributed by atoms with Gasteiger partial charge in [0, 0.05) is 41.3 Å². The Balaban J connectivity index is 1.28. The van der Waals surface area contributed by atoms with E-state index in [9.17, 15) is 4.39 Å². The molecular formula is C32H33FN8. The molecule has 1 atom stereocenters. The van der Waals surface area contributed by atoms with E-state index in [1.54, 1.807) is 12.3 Å². The number of hydrogen-bond acceptors (Lipinski definition) is 8. The standard InChI is InChI=1S/C32H33FN8/c1-32(2)18-34-13-12-25(32)38-31-28-22(19-5-3-6-19)16-35-17-24(28)37-30(41-31)21-11-14-36-27(15-21)39-26-10-9-20-7-4-8-23(33)29(20)40-26/h4,7-11,14-17,19,25,34H,3,5-6,12-13,18H2,1-2H3,(H,36,39,40)(H,37,38,41). The first-order chi connectivity index (χ1) is 19.9.